The van der Waals surface area contributed by atoms with Crippen LogP contribution in [0.25, 0.3) is 0 Å². The van der Waals surface area contributed by atoms with Gasteiger partial charge in [-0.25, -0.2) is 0 Å². The Morgan fingerprint density at radius 3 is 2.58 bits per heavy atom. The average molecular weight is 463 g/mol. The molecule has 8 nitrogen and oxygen atoms in total. The lowest BCUT2D eigenvalue weighted by atomic mass is 9.70. The van der Waals surface area contributed by atoms with Gasteiger partial charge < -0.3 is 24.7 Å². The van der Waals surface area contributed by atoms with E-state index in [1.54, 1.807) is 6.08 Å². The molecule has 3 saturated heterocycles. The van der Waals surface area contributed by atoms with Gasteiger partial charge in [-0.1, -0.05) is 45.6 Å². The van der Waals surface area contributed by atoms with Crippen LogP contribution in [-0.2, 0) is 19.1 Å². The first-order valence-electron chi connectivity index (χ1n) is 12.6. The summed E-state index contributed by atoms with van der Waals surface area (Å²) in [6.45, 7) is 7.89. The molecule has 3 heterocycles. The summed E-state index contributed by atoms with van der Waals surface area (Å²) < 4.78 is 6.32. The van der Waals surface area contributed by atoms with E-state index in [9.17, 15) is 24.6 Å². The van der Waals surface area contributed by atoms with E-state index >= 15 is 0 Å². The highest BCUT2D eigenvalue weighted by atomic mass is 16.5. The minimum Gasteiger partial charge on any atom is -0.481 e. The van der Waals surface area contributed by atoms with E-state index in [1.807, 2.05) is 18.7 Å². The molecule has 0 radical (unpaired) electrons. The number of aliphatic carboxylic acids is 1. The third-order valence-electron chi connectivity index (χ3n) is 8.73. The minimum atomic E-state index is -1.14. The van der Waals surface area contributed by atoms with Crippen molar-refractivity contribution in [3.05, 3.63) is 12.7 Å². The van der Waals surface area contributed by atoms with Crippen molar-refractivity contribution in [2.45, 2.75) is 95.0 Å². The van der Waals surface area contributed by atoms with Crippen LogP contribution < -0.4 is 0 Å². The van der Waals surface area contributed by atoms with Crippen LogP contribution in [0, 0.1) is 17.8 Å². The number of amides is 2. The van der Waals surface area contributed by atoms with E-state index in [1.165, 1.54) is 4.90 Å². The Balaban J connectivity index is 1.79. The third-order valence-corrected chi connectivity index (χ3v) is 8.73. The van der Waals surface area contributed by atoms with Crippen LogP contribution in [-0.4, -0.2) is 80.8 Å². The van der Waals surface area contributed by atoms with Crippen LogP contribution in [0.2, 0.25) is 0 Å². The van der Waals surface area contributed by atoms with Crippen LogP contribution in [0.15, 0.2) is 12.7 Å². The van der Waals surface area contributed by atoms with Gasteiger partial charge in [0.2, 0.25) is 11.8 Å². The Morgan fingerprint density at radius 2 is 2.00 bits per heavy atom. The van der Waals surface area contributed by atoms with Crippen LogP contribution >= 0.6 is 0 Å². The number of likely N-dealkylation sites (tertiary alicyclic amines) is 1. The largest absolute Gasteiger partial charge is 0.481 e. The van der Waals surface area contributed by atoms with Crippen LogP contribution in [0.5, 0.6) is 0 Å². The highest BCUT2D eigenvalue weighted by molar-refractivity contribution is 5.98. The molecule has 2 bridgehead atoms. The molecule has 8 heteroatoms. The van der Waals surface area contributed by atoms with Gasteiger partial charge in [-0.2, -0.15) is 0 Å². The van der Waals surface area contributed by atoms with Crippen molar-refractivity contribution in [1.82, 2.24) is 9.80 Å². The zero-order valence-electron chi connectivity index (χ0n) is 19.8. The summed E-state index contributed by atoms with van der Waals surface area (Å²) in [5.41, 5.74) is -1.14. The molecule has 0 aromatic rings. The summed E-state index contributed by atoms with van der Waals surface area (Å²) >= 11 is 0. The second-order valence-electron chi connectivity index (χ2n) is 10.3. The topological polar surface area (TPSA) is 107 Å². The predicted molar refractivity (Wildman–Crippen MR) is 121 cm³/mol. The fraction of sp³-hybridized carbons (Fsp3) is 0.800. The molecule has 4 rings (SSSR count). The number of carboxylic acids is 1. The Hall–Kier alpha value is -1.93. The minimum absolute atomic E-state index is 0.0486. The molecule has 2 amide bonds. The quantitative estimate of drug-likeness (QED) is 0.509. The summed E-state index contributed by atoms with van der Waals surface area (Å²) in [7, 11) is 0. The van der Waals surface area contributed by atoms with Gasteiger partial charge in [-0.05, 0) is 31.6 Å². The normalized spacial score (nSPS) is 35.4. The van der Waals surface area contributed by atoms with Crippen molar-refractivity contribution < 1.29 is 29.3 Å². The highest BCUT2D eigenvalue weighted by Crippen LogP contribution is 2.59. The number of hydrogen-bond acceptors (Lipinski definition) is 5. The van der Waals surface area contributed by atoms with E-state index in [0.29, 0.717) is 19.4 Å². The number of carboxylic acid groups (broad SMARTS) is 1. The average Bonchev–Trinajstić information content (AvgIpc) is 3.46. The summed E-state index contributed by atoms with van der Waals surface area (Å²) in [5, 5.41) is 20.3. The van der Waals surface area contributed by atoms with Crippen LogP contribution in [0.4, 0.5) is 0 Å². The van der Waals surface area contributed by atoms with Crippen LogP contribution in [0.1, 0.15) is 65.2 Å². The lowest BCUT2D eigenvalue weighted by Crippen LogP contribution is -2.61. The maximum atomic E-state index is 14.3. The molecule has 2 N–H and O–H groups in total. The molecule has 184 valence electrons. The number of carbonyl (C=O) groups is 3. The number of nitrogens with zero attached hydrogens (tertiary/aromatic N) is 2. The number of fused-ring (bicyclic) bond motifs is 1. The summed E-state index contributed by atoms with van der Waals surface area (Å²) in [5.74, 6) is -3.49. The number of aliphatic hydroxyl groups is 1. The van der Waals surface area contributed by atoms with Crippen LogP contribution in [0.3, 0.4) is 0 Å². The molecule has 3 aliphatic heterocycles. The fourth-order valence-electron chi connectivity index (χ4n) is 6.93. The van der Waals surface area contributed by atoms with Crippen molar-refractivity contribution in [3.63, 3.8) is 0 Å². The maximum absolute atomic E-state index is 14.3. The molecule has 1 spiro atoms. The van der Waals surface area contributed by atoms with Gasteiger partial charge in [-0.3, -0.25) is 14.4 Å². The third kappa shape index (κ3) is 3.70. The van der Waals surface area contributed by atoms with Gasteiger partial charge in [0.25, 0.3) is 0 Å². The monoisotopic (exact) mass is 462 g/mol. The first-order valence-corrected chi connectivity index (χ1v) is 12.6. The van der Waals surface area contributed by atoms with Gasteiger partial charge in [0.15, 0.2) is 0 Å². The predicted octanol–water partition coefficient (Wildman–Crippen LogP) is 2.20. The zero-order valence-corrected chi connectivity index (χ0v) is 19.8. The lowest BCUT2D eigenvalue weighted by molar-refractivity contribution is -0.155. The molecule has 0 unspecified atom stereocenters. The van der Waals surface area contributed by atoms with Gasteiger partial charge in [0.1, 0.15) is 11.6 Å². The van der Waals surface area contributed by atoms with Crippen molar-refractivity contribution in [1.29, 1.82) is 0 Å². The summed E-state index contributed by atoms with van der Waals surface area (Å²) in [6.07, 6.45) is 7.97. The molecular formula is C25H38N2O6. The second-order valence-corrected chi connectivity index (χ2v) is 10.3. The molecule has 0 aromatic heterocycles. The molecule has 4 fully saturated rings. The Labute approximate surface area is 195 Å². The molecule has 33 heavy (non-hydrogen) atoms. The smallest absolute Gasteiger partial charge is 0.310 e. The SMILES string of the molecule is C=CCN(C(=O)[C@@H]1N([C@@H](CO)[C@@H](C)CC)C(=O)[C@H]2[C@H](C(=O)O)[C@@H]3CC[C@]12O3)C1CCCCC1. The molecular weight excluding hydrogens is 424 g/mol. The first-order chi connectivity index (χ1) is 15.8. The van der Waals surface area contributed by atoms with Crippen molar-refractivity contribution in [2.75, 3.05) is 13.2 Å². The highest BCUT2D eigenvalue weighted by Gasteiger charge is 2.75. The second kappa shape index (κ2) is 9.37. The van der Waals surface area contributed by atoms with Gasteiger partial charge in [0, 0.05) is 12.6 Å². The van der Waals surface area contributed by atoms with E-state index < -0.39 is 41.6 Å². The lowest BCUT2D eigenvalue weighted by Gasteiger charge is -2.43. The van der Waals surface area contributed by atoms with Crippen molar-refractivity contribution in [2.24, 2.45) is 17.8 Å². The van der Waals surface area contributed by atoms with Gasteiger partial charge >= 0.3 is 5.97 Å². The van der Waals surface area contributed by atoms with E-state index in [-0.39, 0.29) is 30.4 Å². The number of ether oxygens (including phenoxy) is 1. The van der Waals surface area contributed by atoms with E-state index in [0.717, 1.165) is 38.5 Å². The number of carbonyl (C=O) groups excluding carboxylic acids is 2. The standard InChI is InChI=1S/C25H38N2O6/c1-4-13-26(16-9-7-6-8-10-16)23(30)21-25-12-11-18(33-25)19(24(31)32)20(25)22(29)27(21)17(14-28)15(3)5-2/h4,15-21,28H,1,5-14H2,2-3H3,(H,31,32)/t15-,17-,18-,19+,20+,21-,25+/m0/s1. The maximum Gasteiger partial charge on any atom is 0.310 e. The molecule has 1 aliphatic carbocycles. The molecule has 7 atom stereocenters. The molecule has 1 saturated carbocycles. The summed E-state index contributed by atoms with van der Waals surface area (Å²) in [4.78, 5) is 43.7. The van der Waals surface area contributed by atoms with Crippen molar-refractivity contribution >= 4 is 17.8 Å². The number of aliphatic hydroxyl groups excluding tert-OH is 1. The zero-order chi connectivity index (χ0) is 23.9. The Morgan fingerprint density at radius 1 is 1.30 bits per heavy atom. The number of hydrogen-bond donors (Lipinski definition) is 2. The van der Waals surface area contributed by atoms with E-state index in [4.69, 9.17) is 4.74 Å². The molecule has 4 aliphatic rings. The van der Waals surface area contributed by atoms with Crippen molar-refractivity contribution in [3.8, 4) is 0 Å². The van der Waals surface area contributed by atoms with E-state index in [2.05, 4.69) is 6.58 Å². The van der Waals surface area contributed by atoms with Gasteiger partial charge in [-0.15, -0.1) is 6.58 Å². The Bertz CT molecular complexity index is 796. The first kappa shape index (κ1) is 24.2. The summed E-state index contributed by atoms with van der Waals surface area (Å²) in [6, 6.07) is -1.41. The van der Waals surface area contributed by atoms with Gasteiger partial charge in [0.05, 0.1) is 30.6 Å². The fourth-order valence-corrected chi connectivity index (χ4v) is 6.93. The Kier molecular flexibility index (Phi) is 6.87. The number of rotatable bonds is 9. The molecule has 0 aromatic carbocycles.